The summed E-state index contributed by atoms with van der Waals surface area (Å²) < 4.78 is 1.88. The molecule has 3 aliphatic rings. The number of carbonyl (C=O) groups excluding carboxylic acids is 1. The third-order valence-corrected chi connectivity index (χ3v) is 5.43. The van der Waals surface area contributed by atoms with Gasteiger partial charge in [0.2, 0.25) is 5.91 Å². The van der Waals surface area contributed by atoms with Gasteiger partial charge in [0.15, 0.2) is 11.5 Å². The highest BCUT2D eigenvalue weighted by molar-refractivity contribution is 5.82. The molecule has 9 heteroatoms. The van der Waals surface area contributed by atoms with Gasteiger partial charge in [-0.05, 0) is 31.4 Å². The number of nitrogens with zero attached hydrogens (tertiary/aromatic N) is 6. The number of rotatable bonds is 4. The van der Waals surface area contributed by atoms with E-state index in [9.17, 15) is 4.79 Å². The van der Waals surface area contributed by atoms with Gasteiger partial charge in [0.25, 0.3) is 0 Å². The predicted octanol–water partition coefficient (Wildman–Crippen LogP) is -0.485. The zero-order chi connectivity index (χ0) is 17.0. The number of likely N-dealkylation sites (N-methyl/N-ethyl adjacent to an activating group) is 1. The van der Waals surface area contributed by atoms with Gasteiger partial charge in [-0.25, -0.2) is 5.43 Å². The Balaban J connectivity index is 1.27. The van der Waals surface area contributed by atoms with Gasteiger partial charge in [0, 0.05) is 32.6 Å². The lowest BCUT2D eigenvalue weighted by Gasteiger charge is -2.45. The van der Waals surface area contributed by atoms with Gasteiger partial charge in [0.1, 0.15) is 11.9 Å². The molecule has 132 valence electrons. The summed E-state index contributed by atoms with van der Waals surface area (Å²) >= 11 is 0. The summed E-state index contributed by atoms with van der Waals surface area (Å²) in [5.74, 6) is 2.57. The van der Waals surface area contributed by atoms with Crippen LogP contribution in [0, 0.1) is 0 Å². The van der Waals surface area contributed by atoms with Crippen molar-refractivity contribution < 1.29 is 4.79 Å². The van der Waals surface area contributed by atoms with Crippen molar-refractivity contribution >= 4 is 17.4 Å². The topological polar surface area (TPSA) is 90.7 Å². The van der Waals surface area contributed by atoms with Crippen LogP contribution in [0.2, 0.25) is 0 Å². The van der Waals surface area contributed by atoms with Crippen molar-refractivity contribution in [2.24, 2.45) is 0 Å². The van der Waals surface area contributed by atoms with Crippen LogP contribution in [0.15, 0.2) is 12.1 Å². The minimum absolute atomic E-state index is 0.105. The first-order valence-electron chi connectivity index (χ1n) is 8.93. The fourth-order valence-electron chi connectivity index (χ4n) is 3.54. The normalized spacial score (nSPS) is 23.9. The van der Waals surface area contributed by atoms with Crippen LogP contribution in [0.1, 0.15) is 31.0 Å². The lowest BCUT2D eigenvalue weighted by Crippen LogP contribution is -2.62. The minimum Gasteiger partial charge on any atom is -0.351 e. The number of hydrogen-bond acceptors (Lipinski definition) is 7. The smallest absolute Gasteiger partial charge is 0.241 e. The van der Waals surface area contributed by atoms with Crippen molar-refractivity contribution in [2.75, 3.05) is 31.6 Å². The summed E-state index contributed by atoms with van der Waals surface area (Å²) in [7, 11) is 1.89. The predicted molar refractivity (Wildman–Crippen MR) is 91.1 cm³/mol. The molecule has 1 saturated carbocycles. The Morgan fingerprint density at radius 2 is 2.08 bits per heavy atom. The van der Waals surface area contributed by atoms with Crippen LogP contribution < -0.4 is 15.8 Å². The highest BCUT2D eigenvalue weighted by Crippen LogP contribution is 2.38. The Bertz CT molecular complexity index is 804. The lowest BCUT2D eigenvalue weighted by molar-refractivity contribution is -0.134. The van der Waals surface area contributed by atoms with Crippen molar-refractivity contribution in [3.8, 4) is 0 Å². The van der Waals surface area contributed by atoms with Crippen molar-refractivity contribution in [1.82, 2.24) is 35.6 Å². The number of hydrogen-bond donors (Lipinski definition) is 2. The Hall–Kier alpha value is -2.26. The Morgan fingerprint density at radius 1 is 1.24 bits per heavy atom. The second-order valence-electron chi connectivity index (χ2n) is 7.21. The number of hydrazine groups is 1. The van der Waals surface area contributed by atoms with Gasteiger partial charge >= 0.3 is 0 Å². The monoisotopic (exact) mass is 342 g/mol. The van der Waals surface area contributed by atoms with Crippen LogP contribution in [-0.4, -0.2) is 69.4 Å². The fourth-order valence-corrected chi connectivity index (χ4v) is 3.54. The van der Waals surface area contributed by atoms with Crippen molar-refractivity contribution in [2.45, 2.75) is 37.3 Å². The average molecular weight is 342 g/mol. The number of fused-ring (bicyclic) bond motifs is 1. The highest BCUT2D eigenvalue weighted by Gasteiger charge is 2.37. The molecule has 2 saturated heterocycles. The summed E-state index contributed by atoms with van der Waals surface area (Å²) in [5.41, 5.74) is 6.86. The molecule has 3 fully saturated rings. The van der Waals surface area contributed by atoms with E-state index in [-0.39, 0.29) is 18.0 Å². The number of amides is 1. The Morgan fingerprint density at radius 3 is 2.80 bits per heavy atom. The first kappa shape index (κ1) is 15.0. The molecular weight excluding hydrogens is 320 g/mol. The number of carbonyl (C=O) groups is 1. The summed E-state index contributed by atoms with van der Waals surface area (Å²) in [6, 6.07) is 4.08. The van der Waals surface area contributed by atoms with E-state index < -0.39 is 0 Å². The second-order valence-corrected chi connectivity index (χ2v) is 7.21. The van der Waals surface area contributed by atoms with Crippen LogP contribution >= 0.6 is 0 Å². The summed E-state index contributed by atoms with van der Waals surface area (Å²) in [6.07, 6.45) is 3.19. The van der Waals surface area contributed by atoms with Gasteiger partial charge in [-0.3, -0.25) is 10.2 Å². The van der Waals surface area contributed by atoms with E-state index in [0.29, 0.717) is 5.92 Å². The van der Waals surface area contributed by atoms with E-state index in [1.807, 2.05) is 28.6 Å². The molecule has 2 aliphatic heterocycles. The molecule has 0 bridgehead atoms. The van der Waals surface area contributed by atoms with E-state index in [4.69, 9.17) is 5.10 Å². The van der Waals surface area contributed by atoms with Crippen LogP contribution in [0.25, 0.3) is 5.65 Å². The largest absolute Gasteiger partial charge is 0.351 e. The third-order valence-electron chi connectivity index (χ3n) is 5.43. The van der Waals surface area contributed by atoms with E-state index in [2.05, 4.69) is 25.9 Å². The van der Waals surface area contributed by atoms with Gasteiger partial charge < -0.3 is 9.80 Å². The zero-order valence-corrected chi connectivity index (χ0v) is 14.2. The molecule has 9 nitrogen and oxygen atoms in total. The molecule has 2 N–H and O–H groups in total. The van der Waals surface area contributed by atoms with Gasteiger partial charge in [0.05, 0.1) is 6.04 Å². The molecule has 2 aromatic rings. The maximum Gasteiger partial charge on any atom is 0.241 e. The molecule has 2 aromatic heterocycles. The maximum atomic E-state index is 12.5. The minimum atomic E-state index is -0.105. The van der Waals surface area contributed by atoms with Crippen LogP contribution in [0.3, 0.4) is 0 Å². The van der Waals surface area contributed by atoms with Gasteiger partial charge in [-0.2, -0.15) is 4.52 Å². The van der Waals surface area contributed by atoms with E-state index in [1.54, 1.807) is 0 Å². The first-order valence-corrected chi connectivity index (χ1v) is 8.93. The molecule has 5 rings (SSSR count). The van der Waals surface area contributed by atoms with Gasteiger partial charge in [-0.15, -0.1) is 15.3 Å². The molecule has 1 unspecified atom stereocenters. The van der Waals surface area contributed by atoms with Crippen molar-refractivity contribution in [3.63, 3.8) is 0 Å². The molecule has 0 spiro atoms. The quantitative estimate of drug-likeness (QED) is 0.775. The SMILES string of the molecule is CN(C(=O)C1CCNN1)C1CN(c2ccc3nnc(C4CC4)n3n2)C1. The number of aromatic nitrogens is 4. The van der Waals surface area contributed by atoms with E-state index in [1.165, 1.54) is 12.8 Å². The fraction of sp³-hybridized carbons (Fsp3) is 0.625. The molecule has 0 radical (unpaired) electrons. The van der Waals surface area contributed by atoms with Gasteiger partial charge in [-0.1, -0.05) is 0 Å². The zero-order valence-electron chi connectivity index (χ0n) is 14.2. The summed E-state index contributed by atoms with van der Waals surface area (Å²) in [4.78, 5) is 16.5. The van der Waals surface area contributed by atoms with E-state index in [0.717, 1.165) is 43.3 Å². The van der Waals surface area contributed by atoms with Crippen molar-refractivity contribution in [1.29, 1.82) is 0 Å². The standard InChI is InChI=1S/C16H22N8O/c1-22(16(25)12-6-7-17-18-12)11-8-23(9-11)14-5-4-13-19-20-15(10-2-3-10)24(13)21-14/h4-5,10-12,17-18H,2-3,6-9H2,1H3. The highest BCUT2D eigenvalue weighted by atomic mass is 16.2. The van der Waals surface area contributed by atoms with Crippen molar-refractivity contribution in [3.05, 3.63) is 18.0 Å². The molecule has 1 amide bonds. The Kier molecular flexibility index (Phi) is 3.39. The molecule has 1 aliphatic carbocycles. The van der Waals surface area contributed by atoms with Crippen LogP contribution in [-0.2, 0) is 4.79 Å². The second kappa shape index (κ2) is 5.63. The molecular formula is C16H22N8O. The molecule has 25 heavy (non-hydrogen) atoms. The molecule has 1 atom stereocenters. The first-order chi connectivity index (χ1) is 12.2. The molecule has 4 heterocycles. The summed E-state index contributed by atoms with van der Waals surface area (Å²) in [6.45, 7) is 2.46. The molecule has 0 aromatic carbocycles. The van der Waals surface area contributed by atoms with Crippen LogP contribution in [0.4, 0.5) is 5.82 Å². The lowest BCUT2D eigenvalue weighted by atomic mass is 10.1. The third kappa shape index (κ3) is 2.54. The maximum absolute atomic E-state index is 12.5. The number of nitrogens with one attached hydrogen (secondary N) is 2. The summed E-state index contributed by atoms with van der Waals surface area (Å²) in [5, 5.41) is 13.2. The van der Waals surface area contributed by atoms with Crippen LogP contribution in [0.5, 0.6) is 0 Å². The Labute approximate surface area is 145 Å². The average Bonchev–Trinajstić information content (AvgIpc) is 3.11. The van der Waals surface area contributed by atoms with E-state index >= 15 is 0 Å². The number of anilines is 1.